The summed E-state index contributed by atoms with van der Waals surface area (Å²) < 4.78 is 5.21. The zero-order valence-corrected chi connectivity index (χ0v) is 16.2. The molecule has 0 aromatic heterocycles. The fourth-order valence-electron chi connectivity index (χ4n) is 2.91. The van der Waals surface area contributed by atoms with Crippen molar-refractivity contribution in [1.82, 2.24) is 5.32 Å². The highest BCUT2D eigenvalue weighted by Gasteiger charge is 2.23. The Morgan fingerprint density at radius 2 is 1.82 bits per heavy atom. The van der Waals surface area contributed by atoms with Crippen molar-refractivity contribution >= 4 is 17.6 Å². The van der Waals surface area contributed by atoms with Crippen LogP contribution >= 0.6 is 0 Å². The number of nitro benzene ring substituents is 1. The van der Waals surface area contributed by atoms with Crippen LogP contribution in [0.1, 0.15) is 47.7 Å². The van der Waals surface area contributed by atoms with Crippen LogP contribution in [0.15, 0.2) is 48.5 Å². The molecule has 0 saturated heterocycles. The van der Waals surface area contributed by atoms with Crippen molar-refractivity contribution in [2.45, 2.75) is 39.2 Å². The van der Waals surface area contributed by atoms with Gasteiger partial charge in [-0.25, -0.2) is 4.79 Å². The number of hydrogen-bond donors (Lipinski definition) is 1. The molecule has 0 bridgehead atoms. The molecule has 7 nitrogen and oxygen atoms in total. The van der Waals surface area contributed by atoms with E-state index in [0.717, 1.165) is 12.0 Å². The molecule has 2 aromatic carbocycles. The summed E-state index contributed by atoms with van der Waals surface area (Å²) in [5.74, 6) is -1.02. The Balaban J connectivity index is 1.98. The number of esters is 1. The quantitative estimate of drug-likeness (QED) is 0.424. The van der Waals surface area contributed by atoms with Gasteiger partial charge in [-0.05, 0) is 31.9 Å². The van der Waals surface area contributed by atoms with Gasteiger partial charge in [0.2, 0.25) is 0 Å². The number of hydrogen-bond acceptors (Lipinski definition) is 5. The molecule has 0 aliphatic heterocycles. The van der Waals surface area contributed by atoms with Gasteiger partial charge in [0.15, 0.2) is 6.10 Å². The first-order chi connectivity index (χ1) is 13.3. The van der Waals surface area contributed by atoms with E-state index >= 15 is 0 Å². The zero-order chi connectivity index (χ0) is 20.7. The Bertz CT molecular complexity index is 851. The third-order valence-electron chi connectivity index (χ3n) is 4.66. The Hall–Kier alpha value is -3.22. The van der Waals surface area contributed by atoms with Gasteiger partial charge < -0.3 is 10.1 Å². The fraction of sp³-hybridized carbons (Fsp3) is 0.333. The summed E-state index contributed by atoms with van der Waals surface area (Å²) in [6, 6.07) is 14.0. The third kappa shape index (κ3) is 5.16. The first-order valence-corrected chi connectivity index (χ1v) is 9.12. The standard InChI is InChI=1S/C21H24N2O5/c1-4-16(17-9-6-5-7-10-17)13-22-20(24)15(3)28-21(25)18-11-8-12-19(14(18)2)23(26)27/h5-12,15-16H,4,13H2,1-3H3,(H,22,24)/t15-,16+/m1/s1. The van der Waals surface area contributed by atoms with Crippen molar-refractivity contribution in [3.05, 3.63) is 75.3 Å². The fourth-order valence-corrected chi connectivity index (χ4v) is 2.91. The number of nitro groups is 1. The van der Waals surface area contributed by atoms with Crippen LogP contribution in [0.25, 0.3) is 0 Å². The van der Waals surface area contributed by atoms with Crippen LogP contribution < -0.4 is 5.32 Å². The summed E-state index contributed by atoms with van der Waals surface area (Å²) in [7, 11) is 0. The topological polar surface area (TPSA) is 98.5 Å². The molecule has 0 aliphatic carbocycles. The highest BCUT2D eigenvalue weighted by molar-refractivity contribution is 5.94. The molecule has 2 rings (SSSR count). The summed E-state index contributed by atoms with van der Waals surface area (Å²) in [5, 5.41) is 13.8. The first kappa shape index (κ1) is 21.1. The summed E-state index contributed by atoms with van der Waals surface area (Å²) in [5.41, 5.74) is 1.24. The molecule has 0 radical (unpaired) electrons. The van der Waals surface area contributed by atoms with Crippen LogP contribution in [0.3, 0.4) is 0 Å². The number of nitrogens with zero attached hydrogens (tertiary/aromatic N) is 1. The number of ether oxygens (including phenoxy) is 1. The smallest absolute Gasteiger partial charge is 0.339 e. The molecule has 28 heavy (non-hydrogen) atoms. The Labute approximate surface area is 163 Å². The van der Waals surface area contributed by atoms with Crippen LogP contribution in [-0.2, 0) is 9.53 Å². The minimum absolute atomic E-state index is 0.0737. The number of benzene rings is 2. The average molecular weight is 384 g/mol. The summed E-state index contributed by atoms with van der Waals surface area (Å²) in [4.78, 5) is 35.1. The Morgan fingerprint density at radius 3 is 2.43 bits per heavy atom. The minimum atomic E-state index is -1.01. The zero-order valence-electron chi connectivity index (χ0n) is 16.2. The van der Waals surface area contributed by atoms with Crippen molar-refractivity contribution in [3.63, 3.8) is 0 Å². The van der Waals surface area contributed by atoms with Gasteiger partial charge in [-0.2, -0.15) is 0 Å². The van der Waals surface area contributed by atoms with Gasteiger partial charge in [0.05, 0.1) is 10.5 Å². The molecule has 7 heteroatoms. The van der Waals surface area contributed by atoms with E-state index in [1.54, 1.807) is 0 Å². The van der Waals surface area contributed by atoms with Crippen LogP contribution in [0.5, 0.6) is 0 Å². The van der Waals surface area contributed by atoms with Crippen molar-refractivity contribution in [3.8, 4) is 0 Å². The lowest BCUT2D eigenvalue weighted by molar-refractivity contribution is -0.385. The molecule has 0 saturated carbocycles. The molecule has 0 unspecified atom stereocenters. The summed E-state index contributed by atoms with van der Waals surface area (Å²) in [6.45, 7) is 5.42. The second-order valence-corrected chi connectivity index (χ2v) is 6.52. The maximum Gasteiger partial charge on any atom is 0.339 e. The molecule has 1 N–H and O–H groups in total. The summed E-state index contributed by atoms with van der Waals surface area (Å²) in [6.07, 6.45) is -0.162. The number of amides is 1. The first-order valence-electron chi connectivity index (χ1n) is 9.12. The number of nitrogens with one attached hydrogen (secondary N) is 1. The Morgan fingerprint density at radius 1 is 1.14 bits per heavy atom. The van der Waals surface area contributed by atoms with E-state index in [-0.39, 0.29) is 22.7 Å². The lowest BCUT2D eigenvalue weighted by Crippen LogP contribution is -2.38. The van der Waals surface area contributed by atoms with Crippen molar-refractivity contribution in [1.29, 1.82) is 0 Å². The van der Waals surface area contributed by atoms with Gasteiger partial charge in [0.1, 0.15) is 0 Å². The molecular formula is C21H24N2O5. The van der Waals surface area contributed by atoms with Gasteiger partial charge >= 0.3 is 5.97 Å². The van der Waals surface area contributed by atoms with Crippen molar-refractivity contribution < 1.29 is 19.2 Å². The van der Waals surface area contributed by atoms with Crippen LogP contribution in [0, 0.1) is 17.0 Å². The minimum Gasteiger partial charge on any atom is -0.449 e. The van der Waals surface area contributed by atoms with E-state index in [1.807, 2.05) is 37.3 Å². The maximum absolute atomic E-state index is 12.3. The van der Waals surface area contributed by atoms with E-state index in [1.165, 1.54) is 32.0 Å². The van der Waals surface area contributed by atoms with E-state index in [4.69, 9.17) is 4.74 Å². The van der Waals surface area contributed by atoms with Crippen molar-refractivity contribution in [2.24, 2.45) is 0 Å². The molecule has 2 atom stereocenters. The summed E-state index contributed by atoms with van der Waals surface area (Å²) >= 11 is 0. The normalized spacial score (nSPS) is 12.7. The van der Waals surface area contributed by atoms with Gasteiger partial charge in [-0.1, -0.05) is 43.3 Å². The van der Waals surface area contributed by atoms with Gasteiger partial charge in [0.25, 0.3) is 11.6 Å². The average Bonchev–Trinajstić information content (AvgIpc) is 2.68. The van der Waals surface area contributed by atoms with Gasteiger partial charge in [-0.15, -0.1) is 0 Å². The van der Waals surface area contributed by atoms with Gasteiger partial charge in [0, 0.05) is 24.1 Å². The molecule has 0 spiro atoms. The second-order valence-electron chi connectivity index (χ2n) is 6.52. The van der Waals surface area contributed by atoms with Crippen molar-refractivity contribution in [2.75, 3.05) is 6.54 Å². The van der Waals surface area contributed by atoms with E-state index in [2.05, 4.69) is 5.32 Å². The highest BCUT2D eigenvalue weighted by Crippen LogP contribution is 2.22. The third-order valence-corrected chi connectivity index (χ3v) is 4.66. The Kier molecular flexibility index (Phi) is 7.26. The van der Waals surface area contributed by atoms with Crippen LogP contribution in [0.4, 0.5) is 5.69 Å². The molecule has 2 aromatic rings. The monoisotopic (exact) mass is 384 g/mol. The maximum atomic E-state index is 12.3. The predicted octanol–water partition coefficient (Wildman–Crippen LogP) is 3.76. The SMILES string of the molecule is CC[C@@H](CNC(=O)[C@@H](C)OC(=O)c1cccc([N+](=O)[O-])c1C)c1ccccc1. The van der Waals surface area contributed by atoms with Gasteiger partial charge in [-0.3, -0.25) is 14.9 Å². The molecular weight excluding hydrogens is 360 g/mol. The van der Waals surface area contributed by atoms with E-state index < -0.39 is 22.9 Å². The van der Waals surface area contributed by atoms with Crippen LogP contribution in [0.2, 0.25) is 0 Å². The molecule has 0 heterocycles. The largest absolute Gasteiger partial charge is 0.449 e. The highest BCUT2D eigenvalue weighted by atomic mass is 16.6. The lowest BCUT2D eigenvalue weighted by atomic mass is 9.96. The van der Waals surface area contributed by atoms with E-state index in [9.17, 15) is 19.7 Å². The lowest BCUT2D eigenvalue weighted by Gasteiger charge is -2.19. The molecule has 0 aliphatic rings. The number of carbonyl (C=O) groups excluding carboxylic acids is 2. The van der Waals surface area contributed by atoms with E-state index in [0.29, 0.717) is 6.54 Å². The molecule has 0 fully saturated rings. The number of rotatable bonds is 8. The molecule has 148 valence electrons. The number of carbonyl (C=O) groups is 2. The molecule has 1 amide bonds. The van der Waals surface area contributed by atoms with Crippen LogP contribution in [-0.4, -0.2) is 29.4 Å². The second kappa shape index (κ2) is 9.64. The predicted molar refractivity (Wildman–Crippen MR) is 105 cm³/mol.